The van der Waals surface area contributed by atoms with Crippen molar-refractivity contribution in [1.82, 2.24) is 29.9 Å². The van der Waals surface area contributed by atoms with Crippen molar-refractivity contribution in [3.63, 3.8) is 0 Å². The van der Waals surface area contributed by atoms with E-state index < -0.39 is 0 Å². The molecule has 0 radical (unpaired) electrons. The smallest absolute Gasteiger partial charge is 0.274 e. The highest BCUT2D eigenvalue weighted by Gasteiger charge is 2.32. The van der Waals surface area contributed by atoms with E-state index in [4.69, 9.17) is 11.6 Å². The minimum atomic E-state index is -0.0963. The number of aromatic nitrogens is 3. The normalized spacial score (nSPS) is 20.2. The fourth-order valence-electron chi connectivity index (χ4n) is 3.98. The van der Waals surface area contributed by atoms with Gasteiger partial charge >= 0.3 is 0 Å². The first-order valence-electron chi connectivity index (χ1n) is 9.47. The second-order valence-electron chi connectivity index (χ2n) is 7.32. The summed E-state index contributed by atoms with van der Waals surface area (Å²) in [5, 5.41) is 8.22. The lowest BCUT2D eigenvalue weighted by Gasteiger charge is -2.32. The lowest BCUT2D eigenvalue weighted by atomic mass is 10.2. The van der Waals surface area contributed by atoms with Crippen molar-refractivity contribution in [2.24, 2.45) is 0 Å². The first-order chi connectivity index (χ1) is 13.0. The Labute approximate surface area is 176 Å². The molecule has 152 valence electrons. The summed E-state index contributed by atoms with van der Waals surface area (Å²) in [5.41, 5.74) is 2.19. The van der Waals surface area contributed by atoms with Gasteiger partial charge in [-0.3, -0.25) is 9.69 Å². The van der Waals surface area contributed by atoms with Gasteiger partial charge in [0.2, 0.25) is 0 Å². The van der Waals surface area contributed by atoms with E-state index in [0.29, 0.717) is 22.6 Å². The molecule has 0 bridgehead atoms. The molecule has 4 heterocycles. The number of carbonyl (C=O) groups excluding carboxylic acids is 1. The highest BCUT2D eigenvalue weighted by atomic mass is 35.5. The van der Waals surface area contributed by atoms with Crippen LogP contribution in [0, 0.1) is 13.8 Å². The van der Waals surface area contributed by atoms with E-state index >= 15 is 0 Å². The van der Waals surface area contributed by atoms with Gasteiger partial charge < -0.3 is 10.2 Å². The number of hydrogen-bond acceptors (Lipinski definition) is 5. The number of rotatable bonds is 3. The number of halogens is 2. The maximum atomic E-state index is 13.1. The number of aryl methyl sites for hydroxylation is 2. The summed E-state index contributed by atoms with van der Waals surface area (Å²) in [6, 6.07) is 5.94. The van der Waals surface area contributed by atoms with Crippen molar-refractivity contribution in [2.45, 2.75) is 26.3 Å². The minimum Gasteiger partial charge on any atom is -0.336 e. The van der Waals surface area contributed by atoms with Gasteiger partial charge in [-0.1, -0.05) is 11.6 Å². The van der Waals surface area contributed by atoms with E-state index in [1.54, 1.807) is 16.8 Å². The molecule has 9 heteroatoms. The zero-order valence-electron chi connectivity index (χ0n) is 16.2. The Morgan fingerprint density at radius 2 is 1.96 bits per heavy atom. The standard InChI is InChI=1S/C19H25ClN6O.ClH/c1-13-11-14(2)26(23-13)17-4-3-16(20)18(22-17)19(27)25-8-5-15(12-25)24-9-6-21-7-10-24;/h3-4,11,15,21H,5-10,12H2,1-2H3;1H. The molecule has 0 spiro atoms. The highest BCUT2D eigenvalue weighted by Crippen LogP contribution is 2.23. The number of likely N-dealkylation sites (tertiary alicyclic amines) is 1. The van der Waals surface area contributed by atoms with E-state index in [0.717, 1.165) is 57.1 Å². The predicted molar refractivity (Wildman–Crippen MR) is 112 cm³/mol. The largest absolute Gasteiger partial charge is 0.336 e. The van der Waals surface area contributed by atoms with Gasteiger partial charge in [0.25, 0.3) is 5.91 Å². The number of nitrogens with zero attached hydrogens (tertiary/aromatic N) is 5. The SMILES string of the molecule is Cc1cc(C)n(-c2ccc(Cl)c(C(=O)N3CCC(N4CCNCC4)C3)n2)n1.Cl. The molecular formula is C19H26Cl2N6O. The second kappa shape index (κ2) is 8.78. The average Bonchev–Trinajstić information content (AvgIpc) is 3.29. The Morgan fingerprint density at radius 1 is 1.21 bits per heavy atom. The van der Waals surface area contributed by atoms with E-state index in [1.807, 2.05) is 24.8 Å². The molecule has 1 N–H and O–H groups in total. The number of piperazine rings is 1. The Kier molecular flexibility index (Phi) is 6.60. The van der Waals surface area contributed by atoms with Crippen LogP contribution in [-0.2, 0) is 0 Å². The fourth-order valence-corrected chi connectivity index (χ4v) is 4.17. The molecule has 2 aromatic rings. The second-order valence-corrected chi connectivity index (χ2v) is 7.73. The molecule has 7 nitrogen and oxygen atoms in total. The molecule has 1 atom stereocenters. The molecule has 0 aliphatic carbocycles. The quantitative estimate of drug-likeness (QED) is 0.816. The lowest BCUT2D eigenvalue weighted by Crippen LogP contribution is -2.49. The number of nitrogens with one attached hydrogen (secondary N) is 1. The monoisotopic (exact) mass is 424 g/mol. The third-order valence-electron chi connectivity index (χ3n) is 5.38. The molecule has 1 amide bonds. The van der Waals surface area contributed by atoms with Crippen LogP contribution in [0.2, 0.25) is 5.02 Å². The van der Waals surface area contributed by atoms with Crippen LogP contribution in [0.25, 0.3) is 5.82 Å². The molecule has 0 aromatic carbocycles. The number of amides is 1. The summed E-state index contributed by atoms with van der Waals surface area (Å²) >= 11 is 6.33. The molecule has 2 saturated heterocycles. The highest BCUT2D eigenvalue weighted by molar-refractivity contribution is 6.33. The predicted octanol–water partition coefficient (Wildman–Crippen LogP) is 2.08. The number of carbonyl (C=O) groups is 1. The maximum absolute atomic E-state index is 13.1. The van der Waals surface area contributed by atoms with Crippen molar-refractivity contribution in [1.29, 1.82) is 0 Å². The molecule has 1 unspecified atom stereocenters. The molecule has 2 aliphatic heterocycles. The molecule has 2 aliphatic rings. The molecular weight excluding hydrogens is 399 g/mol. The summed E-state index contributed by atoms with van der Waals surface area (Å²) in [5.74, 6) is 0.521. The molecule has 28 heavy (non-hydrogen) atoms. The number of hydrogen-bond donors (Lipinski definition) is 1. The Hall–Kier alpha value is -1.67. The summed E-state index contributed by atoms with van der Waals surface area (Å²) in [4.78, 5) is 22.0. The van der Waals surface area contributed by atoms with Gasteiger partial charge in [0.05, 0.1) is 10.7 Å². The van der Waals surface area contributed by atoms with Crippen LogP contribution < -0.4 is 5.32 Å². The van der Waals surface area contributed by atoms with Crippen LogP contribution in [0.5, 0.6) is 0 Å². The zero-order chi connectivity index (χ0) is 19.0. The van der Waals surface area contributed by atoms with Crippen molar-refractivity contribution in [3.8, 4) is 5.82 Å². The Balaban J connectivity index is 0.00000225. The van der Waals surface area contributed by atoms with Gasteiger partial charge in [-0.2, -0.15) is 5.10 Å². The minimum absolute atomic E-state index is 0. The van der Waals surface area contributed by atoms with Gasteiger partial charge in [-0.25, -0.2) is 9.67 Å². The van der Waals surface area contributed by atoms with Crippen LogP contribution >= 0.6 is 24.0 Å². The van der Waals surface area contributed by atoms with Gasteiger partial charge in [-0.05, 0) is 38.5 Å². The topological polar surface area (TPSA) is 66.3 Å². The van der Waals surface area contributed by atoms with Crippen LogP contribution in [0.15, 0.2) is 18.2 Å². The van der Waals surface area contributed by atoms with Crippen LogP contribution in [0.1, 0.15) is 28.3 Å². The first kappa shape index (κ1) is 21.0. The lowest BCUT2D eigenvalue weighted by molar-refractivity contribution is 0.0768. The van der Waals surface area contributed by atoms with Crippen molar-refractivity contribution in [3.05, 3.63) is 40.3 Å². The molecule has 2 aromatic heterocycles. The fraction of sp³-hybridized carbons (Fsp3) is 0.526. The molecule has 0 saturated carbocycles. The maximum Gasteiger partial charge on any atom is 0.274 e. The molecule has 4 rings (SSSR count). The van der Waals surface area contributed by atoms with Gasteiger partial charge in [-0.15, -0.1) is 12.4 Å². The van der Waals surface area contributed by atoms with Gasteiger partial charge in [0.1, 0.15) is 5.69 Å². The van der Waals surface area contributed by atoms with Crippen LogP contribution in [0.4, 0.5) is 0 Å². The van der Waals surface area contributed by atoms with E-state index in [2.05, 4.69) is 20.3 Å². The first-order valence-corrected chi connectivity index (χ1v) is 9.85. The summed E-state index contributed by atoms with van der Waals surface area (Å²) in [7, 11) is 0. The average molecular weight is 425 g/mol. The Bertz CT molecular complexity index is 849. The summed E-state index contributed by atoms with van der Waals surface area (Å²) in [6.45, 7) is 9.50. The van der Waals surface area contributed by atoms with E-state index in [1.165, 1.54) is 0 Å². The zero-order valence-corrected chi connectivity index (χ0v) is 17.8. The molecule has 2 fully saturated rings. The van der Waals surface area contributed by atoms with E-state index in [9.17, 15) is 4.79 Å². The van der Waals surface area contributed by atoms with Gasteiger partial charge in [0.15, 0.2) is 5.82 Å². The van der Waals surface area contributed by atoms with Crippen molar-refractivity contribution >= 4 is 29.9 Å². The van der Waals surface area contributed by atoms with Crippen molar-refractivity contribution < 1.29 is 4.79 Å². The van der Waals surface area contributed by atoms with E-state index in [-0.39, 0.29) is 18.3 Å². The van der Waals surface area contributed by atoms with Gasteiger partial charge in [0, 0.05) is 51.0 Å². The third-order valence-corrected chi connectivity index (χ3v) is 5.68. The van der Waals surface area contributed by atoms with Crippen LogP contribution in [-0.4, -0.2) is 75.8 Å². The van der Waals surface area contributed by atoms with Crippen LogP contribution in [0.3, 0.4) is 0 Å². The summed E-state index contributed by atoms with van der Waals surface area (Å²) < 4.78 is 1.75. The Morgan fingerprint density at radius 3 is 2.64 bits per heavy atom. The third kappa shape index (κ3) is 4.17. The van der Waals surface area contributed by atoms with Crippen molar-refractivity contribution in [2.75, 3.05) is 39.3 Å². The summed E-state index contributed by atoms with van der Waals surface area (Å²) in [6.07, 6.45) is 1.00. The number of pyridine rings is 1.